The maximum absolute atomic E-state index is 12.7. The fourth-order valence-electron chi connectivity index (χ4n) is 4.24. The Balaban J connectivity index is 1.63. The third-order valence-electron chi connectivity index (χ3n) is 5.88. The second-order valence-electron chi connectivity index (χ2n) is 7.34. The predicted octanol–water partition coefficient (Wildman–Crippen LogP) is 0.646. The summed E-state index contributed by atoms with van der Waals surface area (Å²) in [6, 6.07) is 0. The van der Waals surface area contributed by atoms with E-state index >= 15 is 0 Å². The second kappa shape index (κ2) is 7.47. The quantitative estimate of drug-likeness (QED) is 0.793. The number of amides is 1. The summed E-state index contributed by atoms with van der Waals surface area (Å²) in [5, 5.41) is 3.20. The molecule has 0 spiro atoms. The van der Waals surface area contributed by atoms with Crippen LogP contribution < -0.4 is 11.1 Å². The SMILES string of the molecule is NC1(C(=O)NCC2(N3CCOCC3)CCCCC2)CCOCC1. The summed E-state index contributed by atoms with van der Waals surface area (Å²) >= 11 is 0. The number of hydrogen-bond donors (Lipinski definition) is 2. The first-order valence-electron chi connectivity index (χ1n) is 9.12. The zero-order valence-corrected chi connectivity index (χ0v) is 14.1. The summed E-state index contributed by atoms with van der Waals surface area (Å²) in [6.07, 6.45) is 7.34. The lowest BCUT2D eigenvalue weighted by molar-refractivity contribution is -0.131. The highest BCUT2D eigenvalue weighted by atomic mass is 16.5. The van der Waals surface area contributed by atoms with E-state index in [4.69, 9.17) is 15.2 Å². The van der Waals surface area contributed by atoms with Gasteiger partial charge in [0, 0.05) is 38.4 Å². The molecule has 2 aliphatic heterocycles. The maximum atomic E-state index is 12.7. The minimum atomic E-state index is -0.751. The monoisotopic (exact) mass is 325 g/mol. The number of nitrogens with one attached hydrogen (secondary N) is 1. The zero-order chi connectivity index (χ0) is 16.2. The third-order valence-corrected chi connectivity index (χ3v) is 5.88. The van der Waals surface area contributed by atoms with E-state index in [1.54, 1.807) is 0 Å². The molecular formula is C17H31N3O3. The molecule has 0 atom stereocenters. The van der Waals surface area contributed by atoms with Crippen molar-refractivity contribution in [2.75, 3.05) is 46.1 Å². The Morgan fingerprint density at radius 2 is 1.57 bits per heavy atom. The molecule has 1 saturated carbocycles. The largest absolute Gasteiger partial charge is 0.381 e. The van der Waals surface area contributed by atoms with E-state index in [9.17, 15) is 4.79 Å². The molecule has 2 heterocycles. The number of nitrogens with two attached hydrogens (primary N) is 1. The van der Waals surface area contributed by atoms with E-state index < -0.39 is 5.54 Å². The van der Waals surface area contributed by atoms with Crippen LogP contribution >= 0.6 is 0 Å². The van der Waals surface area contributed by atoms with Crippen molar-refractivity contribution in [2.45, 2.75) is 56.0 Å². The van der Waals surface area contributed by atoms with Crippen LogP contribution in [0.2, 0.25) is 0 Å². The van der Waals surface area contributed by atoms with Crippen LogP contribution in [0.15, 0.2) is 0 Å². The normalized spacial score (nSPS) is 28.2. The maximum Gasteiger partial charge on any atom is 0.240 e. The summed E-state index contributed by atoms with van der Waals surface area (Å²) < 4.78 is 10.9. The van der Waals surface area contributed by atoms with Crippen LogP contribution in [-0.2, 0) is 14.3 Å². The summed E-state index contributed by atoms with van der Waals surface area (Å²) in [4.78, 5) is 15.2. The molecule has 0 radical (unpaired) electrons. The van der Waals surface area contributed by atoms with Crippen molar-refractivity contribution in [3.05, 3.63) is 0 Å². The molecule has 6 nitrogen and oxygen atoms in total. The Morgan fingerprint density at radius 3 is 2.22 bits per heavy atom. The minimum absolute atomic E-state index is 0.000919. The van der Waals surface area contributed by atoms with Gasteiger partial charge in [-0.2, -0.15) is 0 Å². The van der Waals surface area contributed by atoms with Crippen LogP contribution in [0.25, 0.3) is 0 Å². The Morgan fingerprint density at radius 1 is 0.957 bits per heavy atom. The Labute approximate surface area is 139 Å². The molecule has 0 aromatic carbocycles. The second-order valence-corrected chi connectivity index (χ2v) is 7.34. The molecule has 3 rings (SSSR count). The minimum Gasteiger partial charge on any atom is -0.381 e. The summed E-state index contributed by atoms with van der Waals surface area (Å²) in [6.45, 7) is 5.42. The molecular weight excluding hydrogens is 294 g/mol. The van der Waals surface area contributed by atoms with Gasteiger partial charge in [0.15, 0.2) is 0 Å². The lowest BCUT2D eigenvalue weighted by Gasteiger charge is -2.48. The van der Waals surface area contributed by atoms with Crippen LogP contribution in [0.3, 0.4) is 0 Å². The molecule has 0 aromatic rings. The van der Waals surface area contributed by atoms with Gasteiger partial charge in [0.05, 0.1) is 18.8 Å². The molecule has 0 bridgehead atoms. The smallest absolute Gasteiger partial charge is 0.240 e. The summed E-state index contributed by atoms with van der Waals surface area (Å²) in [5.74, 6) is -0.000919. The van der Waals surface area contributed by atoms with E-state index in [-0.39, 0.29) is 11.4 Å². The predicted molar refractivity (Wildman–Crippen MR) is 88.2 cm³/mol. The summed E-state index contributed by atoms with van der Waals surface area (Å²) in [7, 11) is 0. The number of rotatable bonds is 4. The highest BCUT2D eigenvalue weighted by molar-refractivity contribution is 5.86. The van der Waals surface area contributed by atoms with Gasteiger partial charge < -0.3 is 20.5 Å². The highest BCUT2D eigenvalue weighted by Crippen LogP contribution is 2.34. The van der Waals surface area contributed by atoms with Crippen LogP contribution in [-0.4, -0.2) is 67.9 Å². The first-order chi connectivity index (χ1) is 11.1. The molecule has 23 heavy (non-hydrogen) atoms. The van der Waals surface area contributed by atoms with Crippen molar-refractivity contribution in [1.29, 1.82) is 0 Å². The fourth-order valence-corrected chi connectivity index (χ4v) is 4.24. The Kier molecular flexibility index (Phi) is 5.57. The van der Waals surface area contributed by atoms with E-state index in [1.165, 1.54) is 19.3 Å². The van der Waals surface area contributed by atoms with Gasteiger partial charge in [0.2, 0.25) is 5.91 Å². The van der Waals surface area contributed by atoms with Gasteiger partial charge in [0.25, 0.3) is 0 Å². The van der Waals surface area contributed by atoms with E-state index in [2.05, 4.69) is 10.2 Å². The van der Waals surface area contributed by atoms with Gasteiger partial charge in [-0.25, -0.2) is 0 Å². The van der Waals surface area contributed by atoms with E-state index in [0.717, 1.165) is 39.1 Å². The topological polar surface area (TPSA) is 76.8 Å². The first kappa shape index (κ1) is 17.1. The number of hydrogen-bond acceptors (Lipinski definition) is 5. The van der Waals surface area contributed by atoms with Crippen molar-refractivity contribution >= 4 is 5.91 Å². The van der Waals surface area contributed by atoms with Crippen LogP contribution in [0.4, 0.5) is 0 Å². The third kappa shape index (κ3) is 3.87. The number of morpholine rings is 1. The lowest BCUT2D eigenvalue weighted by Crippen LogP contribution is -2.63. The Hall–Kier alpha value is -0.690. The van der Waals surface area contributed by atoms with E-state index in [0.29, 0.717) is 32.6 Å². The molecule has 3 aliphatic rings. The van der Waals surface area contributed by atoms with Gasteiger partial charge in [-0.05, 0) is 25.7 Å². The molecule has 6 heteroatoms. The van der Waals surface area contributed by atoms with Gasteiger partial charge in [-0.15, -0.1) is 0 Å². The van der Waals surface area contributed by atoms with Crippen LogP contribution in [0, 0.1) is 0 Å². The molecule has 0 aromatic heterocycles. The van der Waals surface area contributed by atoms with Crippen LogP contribution in [0.1, 0.15) is 44.9 Å². The van der Waals surface area contributed by atoms with E-state index in [1.807, 2.05) is 0 Å². The van der Waals surface area contributed by atoms with Crippen LogP contribution in [0.5, 0.6) is 0 Å². The van der Waals surface area contributed by atoms with Gasteiger partial charge in [0.1, 0.15) is 0 Å². The van der Waals surface area contributed by atoms with Gasteiger partial charge in [-0.3, -0.25) is 9.69 Å². The summed E-state index contributed by atoms with van der Waals surface area (Å²) in [5.41, 5.74) is 5.66. The van der Waals surface area contributed by atoms with Crippen molar-refractivity contribution in [1.82, 2.24) is 10.2 Å². The zero-order valence-electron chi connectivity index (χ0n) is 14.1. The van der Waals surface area contributed by atoms with Gasteiger partial charge >= 0.3 is 0 Å². The molecule has 0 unspecified atom stereocenters. The van der Waals surface area contributed by atoms with Gasteiger partial charge in [-0.1, -0.05) is 19.3 Å². The molecule has 3 N–H and O–H groups in total. The number of ether oxygens (including phenoxy) is 2. The fraction of sp³-hybridized carbons (Fsp3) is 0.941. The molecule has 2 saturated heterocycles. The number of nitrogens with zero attached hydrogens (tertiary/aromatic N) is 1. The molecule has 132 valence electrons. The molecule has 1 aliphatic carbocycles. The first-order valence-corrected chi connectivity index (χ1v) is 9.12. The van der Waals surface area contributed by atoms with Crippen molar-refractivity contribution < 1.29 is 14.3 Å². The van der Waals surface area contributed by atoms with Crippen molar-refractivity contribution in [3.8, 4) is 0 Å². The molecule has 3 fully saturated rings. The molecule has 1 amide bonds. The van der Waals surface area contributed by atoms with Crippen molar-refractivity contribution in [3.63, 3.8) is 0 Å². The standard InChI is InChI=1S/C17H31N3O3/c18-17(6-10-22-11-7-17)15(21)19-14-16(4-2-1-3-5-16)20-8-12-23-13-9-20/h1-14,18H2,(H,19,21). The average molecular weight is 325 g/mol. The van der Waals surface area contributed by atoms with Crippen molar-refractivity contribution in [2.24, 2.45) is 5.73 Å². The number of carbonyl (C=O) groups is 1. The highest BCUT2D eigenvalue weighted by Gasteiger charge is 2.41. The number of carbonyl (C=O) groups excluding carboxylic acids is 1. The average Bonchev–Trinajstić information content (AvgIpc) is 2.62. The Bertz CT molecular complexity index is 398. The lowest BCUT2D eigenvalue weighted by atomic mass is 9.79.